The van der Waals surface area contributed by atoms with Gasteiger partial charge in [-0.25, -0.2) is 0 Å². The second kappa shape index (κ2) is 7.33. The molecule has 0 aromatic heterocycles. The Labute approximate surface area is 140 Å². The second-order valence-corrected chi connectivity index (χ2v) is 5.37. The Hall–Kier alpha value is -3.27. The Kier molecular flexibility index (Phi) is 4.77. The van der Waals surface area contributed by atoms with E-state index in [9.17, 15) is 10.2 Å². The first kappa shape index (κ1) is 15.6. The van der Waals surface area contributed by atoms with Crippen molar-refractivity contribution >= 4 is 17.6 Å². The summed E-state index contributed by atoms with van der Waals surface area (Å²) < 4.78 is 0. The molecule has 4 heteroatoms. The molecule has 0 saturated carbocycles. The minimum atomic E-state index is 0.00976. The van der Waals surface area contributed by atoms with E-state index in [4.69, 9.17) is 0 Å². The van der Waals surface area contributed by atoms with Gasteiger partial charge in [0.15, 0.2) is 0 Å². The van der Waals surface area contributed by atoms with Crippen molar-refractivity contribution < 1.29 is 10.2 Å². The van der Waals surface area contributed by atoms with Crippen LogP contribution in [0.3, 0.4) is 0 Å². The number of phenols is 2. The zero-order chi connectivity index (χ0) is 16.8. The smallest absolute Gasteiger partial charge is 0.143 e. The van der Waals surface area contributed by atoms with Gasteiger partial charge in [0.1, 0.15) is 17.2 Å². The maximum atomic E-state index is 10.1. The standard InChI is InChI=1S/C20H18N2O2/c23-19-12-18(22-14-16-9-5-2-6-10-16)20(24)11-17(19)21-13-15-7-3-1-4-8-15/h1-13,22-24H,14H2. The maximum Gasteiger partial charge on any atom is 0.143 e. The second-order valence-electron chi connectivity index (χ2n) is 5.37. The van der Waals surface area contributed by atoms with Crippen molar-refractivity contribution in [2.45, 2.75) is 6.54 Å². The molecule has 0 amide bonds. The van der Waals surface area contributed by atoms with Crippen molar-refractivity contribution in [2.24, 2.45) is 4.99 Å². The van der Waals surface area contributed by atoms with Crippen LogP contribution >= 0.6 is 0 Å². The summed E-state index contributed by atoms with van der Waals surface area (Å²) in [5.41, 5.74) is 2.79. The van der Waals surface area contributed by atoms with Gasteiger partial charge in [0.25, 0.3) is 0 Å². The summed E-state index contributed by atoms with van der Waals surface area (Å²) in [5, 5.41) is 23.4. The lowest BCUT2D eigenvalue weighted by atomic mass is 10.2. The number of nitrogens with zero attached hydrogens (tertiary/aromatic N) is 1. The molecule has 0 unspecified atom stereocenters. The van der Waals surface area contributed by atoms with Gasteiger partial charge >= 0.3 is 0 Å². The molecule has 0 aliphatic heterocycles. The summed E-state index contributed by atoms with van der Waals surface area (Å²) in [6, 6.07) is 22.3. The number of nitrogens with one attached hydrogen (secondary N) is 1. The fourth-order valence-electron chi connectivity index (χ4n) is 2.29. The van der Waals surface area contributed by atoms with Gasteiger partial charge in [0.2, 0.25) is 0 Å². The normalized spacial score (nSPS) is 10.8. The number of rotatable bonds is 5. The average Bonchev–Trinajstić information content (AvgIpc) is 2.62. The molecule has 3 rings (SSSR count). The first-order valence-electron chi connectivity index (χ1n) is 7.65. The van der Waals surface area contributed by atoms with Crippen molar-refractivity contribution in [3.05, 3.63) is 83.9 Å². The Morgan fingerprint density at radius 2 is 1.50 bits per heavy atom. The molecule has 0 saturated heterocycles. The number of benzene rings is 3. The van der Waals surface area contributed by atoms with Crippen LogP contribution in [-0.4, -0.2) is 16.4 Å². The van der Waals surface area contributed by atoms with Crippen LogP contribution in [0.4, 0.5) is 11.4 Å². The van der Waals surface area contributed by atoms with E-state index in [0.29, 0.717) is 17.9 Å². The summed E-state index contributed by atoms with van der Waals surface area (Å²) >= 11 is 0. The summed E-state index contributed by atoms with van der Waals surface area (Å²) in [5.74, 6) is 0.0551. The van der Waals surface area contributed by atoms with E-state index in [1.54, 1.807) is 6.21 Å². The summed E-state index contributed by atoms with van der Waals surface area (Å²) in [4.78, 5) is 4.23. The maximum absolute atomic E-state index is 10.1. The fourth-order valence-corrected chi connectivity index (χ4v) is 2.29. The minimum absolute atomic E-state index is 0.00976. The largest absolute Gasteiger partial charge is 0.506 e. The van der Waals surface area contributed by atoms with Gasteiger partial charge < -0.3 is 15.5 Å². The number of phenolic OH excluding ortho intramolecular Hbond substituents is 2. The summed E-state index contributed by atoms with van der Waals surface area (Å²) in [7, 11) is 0. The summed E-state index contributed by atoms with van der Waals surface area (Å²) in [6.45, 7) is 0.556. The van der Waals surface area contributed by atoms with E-state index in [-0.39, 0.29) is 11.5 Å². The Balaban J connectivity index is 1.75. The van der Waals surface area contributed by atoms with Crippen LogP contribution < -0.4 is 5.32 Å². The van der Waals surface area contributed by atoms with Crippen molar-refractivity contribution in [1.29, 1.82) is 0 Å². The molecule has 0 bridgehead atoms. The highest BCUT2D eigenvalue weighted by atomic mass is 16.3. The Morgan fingerprint density at radius 3 is 2.21 bits per heavy atom. The van der Waals surface area contributed by atoms with Gasteiger partial charge in [-0.3, -0.25) is 4.99 Å². The first-order valence-corrected chi connectivity index (χ1v) is 7.65. The number of aliphatic imine (C=N–C) groups is 1. The van der Waals surface area contributed by atoms with Gasteiger partial charge in [0.05, 0.1) is 5.69 Å². The van der Waals surface area contributed by atoms with Crippen molar-refractivity contribution in [2.75, 3.05) is 5.32 Å². The van der Waals surface area contributed by atoms with Gasteiger partial charge in [-0.1, -0.05) is 60.7 Å². The molecule has 3 aromatic carbocycles. The molecule has 4 nitrogen and oxygen atoms in total. The predicted octanol–water partition coefficient (Wildman–Crippen LogP) is 4.46. The summed E-state index contributed by atoms with van der Waals surface area (Å²) in [6.07, 6.45) is 1.64. The van der Waals surface area contributed by atoms with Crippen molar-refractivity contribution in [3.63, 3.8) is 0 Å². The van der Waals surface area contributed by atoms with Gasteiger partial charge in [-0.2, -0.15) is 0 Å². The third kappa shape index (κ3) is 3.93. The van der Waals surface area contributed by atoms with E-state index < -0.39 is 0 Å². The molecule has 0 fully saturated rings. The molecule has 120 valence electrons. The van der Waals surface area contributed by atoms with E-state index in [2.05, 4.69) is 10.3 Å². The van der Waals surface area contributed by atoms with Gasteiger partial charge in [0, 0.05) is 24.9 Å². The Bertz CT molecular complexity index is 831. The van der Waals surface area contributed by atoms with Gasteiger partial charge in [-0.15, -0.1) is 0 Å². The topological polar surface area (TPSA) is 64.8 Å². The van der Waals surface area contributed by atoms with Crippen LogP contribution in [-0.2, 0) is 6.54 Å². The van der Waals surface area contributed by atoms with Crippen LogP contribution in [0.5, 0.6) is 11.5 Å². The van der Waals surface area contributed by atoms with Crippen LogP contribution in [0, 0.1) is 0 Å². The minimum Gasteiger partial charge on any atom is -0.506 e. The molecule has 3 N–H and O–H groups in total. The SMILES string of the molecule is Oc1cc(NCc2ccccc2)c(O)cc1N=Cc1ccccc1. The number of aromatic hydroxyl groups is 2. The highest BCUT2D eigenvalue weighted by Gasteiger charge is 2.08. The molecule has 3 aromatic rings. The predicted molar refractivity (Wildman–Crippen MR) is 97.2 cm³/mol. The monoisotopic (exact) mass is 318 g/mol. The number of hydrogen-bond acceptors (Lipinski definition) is 4. The molecule has 24 heavy (non-hydrogen) atoms. The van der Waals surface area contributed by atoms with Crippen LogP contribution in [0.25, 0.3) is 0 Å². The van der Waals surface area contributed by atoms with Crippen LogP contribution in [0.15, 0.2) is 77.8 Å². The molecular weight excluding hydrogens is 300 g/mol. The molecule has 0 heterocycles. The lowest BCUT2D eigenvalue weighted by Crippen LogP contribution is -1.99. The highest BCUT2D eigenvalue weighted by molar-refractivity contribution is 5.83. The third-order valence-electron chi connectivity index (χ3n) is 3.57. The number of anilines is 1. The lowest BCUT2D eigenvalue weighted by Gasteiger charge is -2.10. The van der Waals surface area contributed by atoms with Crippen molar-refractivity contribution in [1.82, 2.24) is 0 Å². The zero-order valence-electron chi connectivity index (χ0n) is 13.1. The Morgan fingerprint density at radius 1 is 0.833 bits per heavy atom. The van der Waals surface area contributed by atoms with Crippen molar-refractivity contribution in [3.8, 4) is 11.5 Å². The molecule has 0 atom stereocenters. The van der Waals surface area contributed by atoms with E-state index in [0.717, 1.165) is 11.1 Å². The van der Waals surface area contributed by atoms with E-state index >= 15 is 0 Å². The molecule has 0 aliphatic rings. The quantitative estimate of drug-likeness (QED) is 0.370. The number of hydrogen-bond donors (Lipinski definition) is 3. The third-order valence-corrected chi connectivity index (χ3v) is 3.57. The molecule has 0 spiro atoms. The lowest BCUT2D eigenvalue weighted by molar-refractivity contribution is 0.463. The van der Waals surface area contributed by atoms with Crippen LogP contribution in [0.2, 0.25) is 0 Å². The average molecular weight is 318 g/mol. The van der Waals surface area contributed by atoms with E-state index in [1.165, 1.54) is 12.1 Å². The fraction of sp³-hybridized carbons (Fsp3) is 0.0500. The highest BCUT2D eigenvalue weighted by Crippen LogP contribution is 2.36. The van der Waals surface area contributed by atoms with E-state index in [1.807, 2.05) is 60.7 Å². The molecule has 0 radical (unpaired) electrons. The molecule has 0 aliphatic carbocycles. The first-order chi connectivity index (χ1) is 11.7. The zero-order valence-corrected chi connectivity index (χ0v) is 13.1. The molecular formula is C20H18N2O2. The van der Waals surface area contributed by atoms with Gasteiger partial charge in [-0.05, 0) is 11.1 Å². The van der Waals surface area contributed by atoms with Crippen LogP contribution in [0.1, 0.15) is 11.1 Å².